The van der Waals surface area contributed by atoms with Gasteiger partial charge in [0.15, 0.2) is 17.4 Å². The zero-order chi connectivity index (χ0) is 12.4. The standard InChI is InChI=1S/C11H5BrF3NO/c12-6-1-2-8(14)10(3-6)17-11-9(15)4-7(13)5-16-11/h1-5H. The second kappa shape index (κ2) is 4.75. The van der Waals surface area contributed by atoms with Gasteiger partial charge in [0.2, 0.25) is 0 Å². The van der Waals surface area contributed by atoms with Crippen LogP contribution in [0.15, 0.2) is 34.9 Å². The molecule has 0 saturated carbocycles. The van der Waals surface area contributed by atoms with Crippen LogP contribution in [-0.2, 0) is 0 Å². The molecule has 0 fully saturated rings. The Morgan fingerprint density at radius 2 is 1.82 bits per heavy atom. The van der Waals surface area contributed by atoms with Crippen molar-refractivity contribution in [1.82, 2.24) is 4.98 Å². The summed E-state index contributed by atoms with van der Waals surface area (Å²) in [7, 11) is 0. The smallest absolute Gasteiger partial charge is 0.256 e. The van der Waals surface area contributed by atoms with E-state index in [-0.39, 0.29) is 5.75 Å². The zero-order valence-electron chi connectivity index (χ0n) is 8.25. The molecule has 0 aliphatic heterocycles. The lowest BCUT2D eigenvalue weighted by Gasteiger charge is -2.06. The third kappa shape index (κ3) is 2.76. The van der Waals surface area contributed by atoms with Gasteiger partial charge in [-0.3, -0.25) is 0 Å². The number of hydrogen-bond donors (Lipinski definition) is 0. The lowest BCUT2D eigenvalue weighted by Crippen LogP contribution is -1.95. The quantitative estimate of drug-likeness (QED) is 0.835. The topological polar surface area (TPSA) is 22.1 Å². The highest BCUT2D eigenvalue weighted by atomic mass is 79.9. The number of nitrogens with zero attached hydrogens (tertiary/aromatic N) is 1. The highest BCUT2D eigenvalue weighted by Gasteiger charge is 2.11. The third-order valence-corrected chi connectivity index (χ3v) is 2.37. The number of rotatable bonds is 2. The third-order valence-electron chi connectivity index (χ3n) is 1.87. The number of benzene rings is 1. The van der Waals surface area contributed by atoms with Crippen LogP contribution in [0.25, 0.3) is 0 Å². The van der Waals surface area contributed by atoms with Gasteiger partial charge in [0.05, 0.1) is 6.20 Å². The second-order valence-electron chi connectivity index (χ2n) is 3.12. The van der Waals surface area contributed by atoms with E-state index in [9.17, 15) is 13.2 Å². The van der Waals surface area contributed by atoms with Crippen LogP contribution in [0.4, 0.5) is 13.2 Å². The molecule has 88 valence electrons. The maximum atomic E-state index is 13.3. The van der Waals surface area contributed by atoms with E-state index in [1.807, 2.05) is 0 Å². The lowest BCUT2D eigenvalue weighted by molar-refractivity contribution is 0.394. The first-order chi connectivity index (χ1) is 8.06. The van der Waals surface area contributed by atoms with Crippen LogP contribution in [0.3, 0.4) is 0 Å². The number of hydrogen-bond acceptors (Lipinski definition) is 2. The van der Waals surface area contributed by atoms with E-state index in [1.54, 1.807) is 0 Å². The Balaban J connectivity index is 2.34. The summed E-state index contributed by atoms with van der Waals surface area (Å²) in [5.41, 5.74) is 0. The van der Waals surface area contributed by atoms with Crippen LogP contribution in [0.2, 0.25) is 0 Å². The molecule has 0 atom stereocenters. The second-order valence-corrected chi connectivity index (χ2v) is 4.03. The number of aromatic nitrogens is 1. The normalized spacial score (nSPS) is 10.4. The molecule has 2 aromatic rings. The number of pyridine rings is 1. The van der Waals surface area contributed by atoms with Crippen molar-refractivity contribution in [1.29, 1.82) is 0 Å². The van der Waals surface area contributed by atoms with Gasteiger partial charge in [-0.15, -0.1) is 0 Å². The van der Waals surface area contributed by atoms with Gasteiger partial charge in [0, 0.05) is 10.5 Å². The van der Waals surface area contributed by atoms with Crippen LogP contribution in [0.5, 0.6) is 11.6 Å². The summed E-state index contributed by atoms with van der Waals surface area (Å²) in [5, 5.41) is 0. The minimum Gasteiger partial charge on any atom is -0.433 e. The Morgan fingerprint density at radius 3 is 2.53 bits per heavy atom. The van der Waals surface area contributed by atoms with Crippen LogP contribution in [-0.4, -0.2) is 4.98 Å². The molecule has 1 aromatic carbocycles. The fraction of sp³-hybridized carbons (Fsp3) is 0. The predicted molar refractivity (Wildman–Crippen MR) is 58.3 cm³/mol. The average molecular weight is 304 g/mol. The van der Waals surface area contributed by atoms with Crippen molar-refractivity contribution in [2.75, 3.05) is 0 Å². The van der Waals surface area contributed by atoms with Gasteiger partial charge in [-0.1, -0.05) is 15.9 Å². The molecule has 0 N–H and O–H groups in total. The minimum absolute atomic E-state index is 0.197. The van der Waals surface area contributed by atoms with Crippen LogP contribution < -0.4 is 4.74 Å². The van der Waals surface area contributed by atoms with E-state index in [2.05, 4.69) is 20.9 Å². The van der Waals surface area contributed by atoms with Crippen LogP contribution in [0, 0.1) is 17.5 Å². The molecule has 2 nitrogen and oxygen atoms in total. The van der Waals surface area contributed by atoms with Crippen molar-refractivity contribution in [3.05, 3.63) is 52.4 Å². The van der Waals surface area contributed by atoms with Crippen molar-refractivity contribution in [3.63, 3.8) is 0 Å². The van der Waals surface area contributed by atoms with E-state index in [0.29, 0.717) is 10.5 Å². The summed E-state index contributed by atoms with van der Waals surface area (Å²) in [6, 6.07) is 4.55. The maximum Gasteiger partial charge on any atom is 0.256 e. The van der Waals surface area contributed by atoms with Gasteiger partial charge in [-0.05, 0) is 18.2 Å². The van der Waals surface area contributed by atoms with E-state index >= 15 is 0 Å². The Kier molecular flexibility index (Phi) is 3.33. The fourth-order valence-electron chi connectivity index (χ4n) is 1.14. The molecule has 1 heterocycles. The van der Waals surface area contributed by atoms with E-state index in [4.69, 9.17) is 4.74 Å². The molecule has 0 saturated heterocycles. The van der Waals surface area contributed by atoms with E-state index in [0.717, 1.165) is 12.3 Å². The first kappa shape index (κ1) is 11.9. The lowest BCUT2D eigenvalue weighted by atomic mass is 10.3. The molecule has 0 spiro atoms. The molecule has 0 unspecified atom stereocenters. The maximum absolute atomic E-state index is 13.3. The SMILES string of the molecule is Fc1cnc(Oc2cc(Br)ccc2F)c(F)c1. The van der Waals surface area contributed by atoms with Crippen LogP contribution >= 0.6 is 15.9 Å². The first-order valence-electron chi connectivity index (χ1n) is 4.50. The van der Waals surface area contributed by atoms with Gasteiger partial charge < -0.3 is 4.74 Å². The number of ether oxygens (including phenoxy) is 1. The van der Waals surface area contributed by atoms with Crippen molar-refractivity contribution < 1.29 is 17.9 Å². The Labute approximate surface area is 103 Å². The van der Waals surface area contributed by atoms with E-state index in [1.165, 1.54) is 12.1 Å². The molecule has 6 heteroatoms. The monoisotopic (exact) mass is 303 g/mol. The first-order valence-corrected chi connectivity index (χ1v) is 5.29. The molecular weight excluding hydrogens is 299 g/mol. The molecule has 0 amide bonds. The summed E-state index contributed by atoms with van der Waals surface area (Å²) in [5.74, 6) is -3.17. The van der Waals surface area contributed by atoms with Crippen molar-refractivity contribution in [2.24, 2.45) is 0 Å². The van der Waals surface area contributed by atoms with Gasteiger partial charge in [0.1, 0.15) is 5.82 Å². The summed E-state index contributed by atoms with van der Waals surface area (Å²) in [6.07, 6.45) is 0.786. The Hall–Kier alpha value is -1.56. The van der Waals surface area contributed by atoms with Gasteiger partial charge in [-0.25, -0.2) is 18.2 Å². The summed E-state index contributed by atoms with van der Waals surface area (Å²) in [6.45, 7) is 0. The number of halogens is 4. The molecule has 17 heavy (non-hydrogen) atoms. The zero-order valence-corrected chi connectivity index (χ0v) is 9.84. The van der Waals surface area contributed by atoms with E-state index < -0.39 is 23.3 Å². The largest absolute Gasteiger partial charge is 0.433 e. The van der Waals surface area contributed by atoms with Crippen molar-refractivity contribution >= 4 is 15.9 Å². The van der Waals surface area contributed by atoms with Gasteiger partial charge in [0.25, 0.3) is 5.88 Å². The molecular formula is C11H5BrF3NO. The minimum atomic E-state index is -0.996. The summed E-state index contributed by atoms with van der Waals surface area (Å²) >= 11 is 3.12. The average Bonchev–Trinajstić information content (AvgIpc) is 2.27. The summed E-state index contributed by atoms with van der Waals surface area (Å²) in [4.78, 5) is 3.39. The van der Waals surface area contributed by atoms with Crippen molar-refractivity contribution in [3.8, 4) is 11.6 Å². The van der Waals surface area contributed by atoms with Crippen molar-refractivity contribution in [2.45, 2.75) is 0 Å². The molecule has 0 radical (unpaired) electrons. The van der Waals surface area contributed by atoms with Gasteiger partial charge in [-0.2, -0.15) is 0 Å². The molecule has 0 aliphatic carbocycles. The highest BCUT2D eigenvalue weighted by Crippen LogP contribution is 2.27. The molecule has 0 bridgehead atoms. The predicted octanol–water partition coefficient (Wildman–Crippen LogP) is 4.05. The molecule has 0 aliphatic rings. The Bertz CT molecular complexity index is 562. The summed E-state index contributed by atoms with van der Waals surface area (Å²) < 4.78 is 44.6. The van der Waals surface area contributed by atoms with Gasteiger partial charge >= 0.3 is 0 Å². The highest BCUT2D eigenvalue weighted by molar-refractivity contribution is 9.10. The van der Waals surface area contributed by atoms with Crippen LogP contribution in [0.1, 0.15) is 0 Å². The molecule has 1 aromatic heterocycles. The Morgan fingerprint density at radius 1 is 1.06 bits per heavy atom. The fourth-order valence-corrected chi connectivity index (χ4v) is 1.48. The molecule has 2 rings (SSSR count).